The Morgan fingerprint density at radius 1 is 0.676 bits per heavy atom. The summed E-state index contributed by atoms with van der Waals surface area (Å²) in [6.07, 6.45) is 9.43. The quantitative estimate of drug-likeness (QED) is 0.325. The smallest absolute Gasteiger partial charge is 0.147 e. The lowest BCUT2D eigenvalue weighted by molar-refractivity contribution is 0.691. The summed E-state index contributed by atoms with van der Waals surface area (Å²) in [6.45, 7) is 0. The maximum atomic E-state index is 5.10. The van der Waals surface area contributed by atoms with Crippen molar-refractivity contribution in [3.63, 3.8) is 0 Å². The highest BCUT2D eigenvalue weighted by atomic mass is 15.0. The molecule has 0 N–H and O–H groups in total. The van der Waals surface area contributed by atoms with Gasteiger partial charge in [0.25, 0.3) is 0 Å². The van der Waals surface area contributed by atoms with Gasteiger partial charge in [-0.05, 0) is 42.1 Å². The van der Waals surface area contributed by atoms with E-state index in [2.05, 4.69) is 105 Å². The van der Waals surface area contributed by atoms with E-state index in [1.54, 1.807) is 0 Å². The van der Waals surface area contributed by atoms with E-state index < -0.39 is 0 Å². The third-order valence-electron chi connectivity index (χ3n) is 7.29. The average Bonchev–Trinajstić information content (AvgIpc) is 3.45. The van der Waals surface area contributed by atoms with Gasteiger partial charge >= 0.3 is 0 Å². The molecule has 0 radical (unpaired) electrons. The second-order valence-electron chi connectivity index (χ2n) is 9.06. The molecular weight excluding hydrogens is 416 g/mol. The summed E-state index contributed by atoms with van der Waals surface area (Å²) in [4.78, 5) is 9.52. The Bertz CT molecular complexity index is 2010. The van der Waals surface area contributed by atoms with Gasteiger partial charge in [-0.15, -0.1) is 0 Å². The largest absolute Gasteiger partial charge is 0.333 e. The van der Waals surface area contributed by atoms with Crippen LogP contribution >= 0.6 is 0 Å². The number of rotatable bonds is 1. The lowest BCUT2D eigenvalue weighted by atomic mass is 10.1. The number of hydrogen-bond acceptors (Lipinski definition) is 2. The Balaban J connectivity index is 1.51. The number of aromatic nitrogens is 4. The number of imidazole rings is 1. The SMILES string of the molecule is C1=c2nc3c4cnccc4c4ccccc4n3c2=CC(n2c3ccccc3c3ccccc32)C1. The summed E-state index contributed by atoms with van der Waals surface area (Å²) in [5.41, 5.74) is 4.70. The maximum absolute atomic E-state index is 5.10. The number of hydrogen-bond donors (Lipinski definition) is 0. The van der Waals surface area contributed by atoms with Crippen LogP contribution in [0, 0.1) is 0 Å². The molecule has 1 atom stereocenters. The van der Waals surface area contributed by atoms with Crippen molar-refractivity contribution in [2.75, 3.05) is 0 Å². The molecule has 4 nitrogen and oxygen atoms in total. The van der Waals surface area contributed by atoms with Gasteiger partial charge in [0, 0.05) is 45.0 Å². The minimum Gasteiger partial charge on any atom is -0.333 e. The third-order valence-corrected chi connectivity index (χ3v) is 7.29. The number of fused-ring (bicyclic) bond motifs is 11. The first-order valence-electron chi connectivity index (χ1n) is 11.7. The average molecular weight is 437 g/mol. The molecule has 8 rings (SSSR count). The third kappa shape index (κ3) is 2.27. The number of benzene rings is 3. The number of pyridine rings is 2. The Morgan fingerprint density at radius 3 is 2.06 bits per heavy atom. The van der Waals surface area contributed by atoms with Crippen LogP contribution in [-0.4, -0.2) is 18.9 Å². The molecule has 4 aromatic heterocycles. The van der Waals surface area contributed by atoms with Gasteiger partial charge in [-0.25, -0.2) is 4.98 Å². The molecule has 1 unspecified atom stereocenters. The second kappa shape index (κ2) is 6.55. The first-order valence-corrected chi connectivity index (χ1v) is 11.7. The summed E-state index contributed by atoms with van der Waals surface area (Å²) in [7, 11) is 0. The van der Waals surface area contributed by atoms with Crippen LogP contribution in [0.1, 0.15) is 12.5 Å². The summed E-state index contributed by atoms with van der Waals surface area (Å²) in [5, 5.41) is 8.33. The van der Waals surface area contributed by atoms with Crippen LogP contribution in [0.15, 0.2) is 91.3 Å². The zero-order valence-electron chi connectivity index (χ0n) is 18.4. The molecule has 4 heterocycles. The van der Waals surface area contributed by atoms with E-state index in [1.165, 1.54) is 38.1 Å². The highest BCUT2D eigenvalue weighted by molar-refractivity contribution is 6.11. The molecule has 4 heteroatoms. The van der Waals surface area contributed by atoms with Gasteiger partial charge in [0.15, 0.2) is 0 Å². The molecule has 34 heavy (non-hydrogen) atoms. The summed E-state index contributed by atoms with van der Waals surface area (Å²) in [6, 6.07) is 28.4. The fraction of sp³-hybridized carbons (Fsp3) is 0.0667. The van der Waals surface area contributed by atoms with Crippen molar-refractivity contribution in [3.8, 4) is 0 Å². The van der Waals surface area contributed by atoms with Gasteiger partial charge < -0.3 is 4.57 Å². The van der Waals surface area contributed by atoms with Crippen molar-refractivity contribution >= 4 is 61.3 Å². The van der Waals surface area contributed by atoms with Gasteiger partial charge in [0.1, 0.15) is 5.65 Å². The molecule has 0 aliphatic heterocycles. The summed E-state index contributed by atoms with van der Waals surface area (Å²) < 4.78 is 4.82. The Kier molecular flexibility index (Phi) is 3.47. The van der Waals surface area contributed by atoms with Crippen LogP contribution in [0.5, 0.6) is 0 Å². The first-order chi connectivity index (χ1) is 16.9. The highest BCUT2D eigenvalue weighted by Gasteiger charge is 2.20. The van der Waals surface area contributed by atoms with Gasteiger partial charge in [-0.1, -0.05) is 60.7 Å². The molecule has 0 spiro atoms. The first kappa shape index (κ1) is 18.0. The molecule has 0 saturated carbocycles. The standard InChI is InChI=1S/C30H20N4/c1-6-12-28-21(7-1)20-15-16-31-18-24(20)30-32-25-14-13-19(17-29(25)34(28)30)33-26-10-4-2-8-22(26)23-9-3-5-11-27(23)33/h1-12,14-19H,13H2. The van der Waals surface area contributed by atoms with Gasteiger partial charge in [0.2, 0.25) is 0 Å². The highest BCUT2D eigenvalue weighted by Crippen LogP contribution is 2.34. The van der Waals surface area contributed by atoms with Crippen LogP contribution in [-0.2, 0) is 0 Å². The molecule has 0 saturated heterocycles. The monoisotopic (exact) mass is 436 g/mol. The number of nitrogens with zero attached hydrogens (tertiary/aromatic N) is 4. The normalized spacial score (nSPS) is 15.7. The Hall–Kier alpha value is -4.44. The lowest BCUT2D eigenvalue weighted by Crippen LogP contribution is -2.32. The molecule has 1 aliphatic carbocycles. The van der Waals surface area contributed by atoms with Gasteiger partial charge in [-0.2, -0.15) is 0 Å². The van der Waals surface area contributed by atoms with E-state index >= 15 is 0 Å². The fourth-order valence-corrected chi connectivity index (χ4v) is 5.86. The van der Waals surface area contributed by atoms with Crippen molar-refractivity contribution in [1.82, 2.24) is 18.9 Å². The van der Waals surface area contributed by atoms with E-state index in [0.717, 1.165) is 28.2 Å². The lowest BCUT2D eigenvalue weighted by Gasteiger charge is -2.18. The number of para-hydroxylation sites is 3. The molecule has 7 aromatic rings. The zero-order valence-corrected chi connectivity index (χ0v) is 18.4. The predicted molar refractivity (Wildman–Crippen MR) is 139 cm³/mol. The summed E-state index contributed by atoms with van der Waals surface area (Å²) in [5.74, 6) is 0. The van der Waals surface area contributed by atoms with Crippen molar-refractivity contribution < 1.29 is 0 Å². The zero-order chi connectivity index (χ0) is 22.2. The van der Waals surface area contributed by atoms with E-state index in [9.17, 15) is 0 Å². The molecule has 1 aliphatic rings. The van der Waals surface area contributed by atoms with Gasteiger partial charge in [-0.3, -0.25) is 9.38 Å². The van der Waals surface area contributed by atoms with E-state index in [-0.39, 0.29) is 6.04 Å². The van der Waals surface area contributed by atoms with E-state index in [1.807, 2.05) is 12.4 Å². The van der Waals surface area contributed by atoms with Crippen LogP contribution in [0.3, 0.4) is 0 Å². The Labute approximate surface area is 194 Å². The molecule has 0 amide bonds. The van der Waals surface area contributed by atoms with Crippen molar-refractivity contribution in [2.24, 2.45) is 0 Å². The minimum absolute atomic E-state index is 0.209. The van der Waals surface area contributed by atoms with Crippen molar-refractivity contribution in [2.45, 2.75) is 12.5 Å². The molecule has 0 bridgehead atoms. The predicted octanol–water partition coefficient (Wildman–Crippen LogP) is 5.35. The van der Waals surface area contributed by atoms with Crippen LogP contribution in [0.2, 0.25) is 0 Å². The topological polar surface area (TPSA) is 35.1 Å². The maximum Gasteiger partial charge on any atom is 0.147 e. The Morgan fingerprint density at radius 2 is 1.32 bits per heavy atom. The minimum atomic E-state index is 0.209. The van der Waals surface area contributed by atoms with E-state index in [4.69, 9.17) is 4.98 Å². The van der Waals surface area contributed by atoms with Crippen LogP contribution in [0.25, 0.3) is 61.3 Å². The van der Waals surface area contributed by atoms with Crippen molar-refractivity contribution in [3.05, 3.63) is 102 Å². The fourth-order valence-electron chi connectivity index (χ4n) is 5.86. The molecule has 0 fully saturated rings. The van der Waals surface area contributed by atoms with Gasteiger partial charge in [0.05, 0.1) is 22.3 Å². The molecule has 160 valence electrons. The molecular formula is C30H20N4. The second-order valence-corrected chi connectivity index (χ2v) is 9.06. The summed E-state index contributed by atoms with van der Waals surface area (Å²) >= 11 is 0. The van der Waals surface area contributed by atoms with E-state index in [0.29, 0.717) is 0 Å². The van der Waals surface area contributed by atoms with Crippen molar-refractivity contribution in [1.29, 1.82) is 0 Å². The van der Waals surface area contributed by atoms with Crippen LogP contribution in [0.4, 0.5) is 0 Å². The van der Waals surface area contributed by atoms with Crippen LogP contribution < -0.4 is 10.7 Å². The molecule has 3 aromatic carbocycles.